The van der Waals surface area contributed by atoms with Gasteiger partial charge in [0.05, 0.1) is 6.04 Å². The summed E-state index contributed by atoms with van der Waals surface area (Å²) in [6.45, 7) is 0.939. The quantitative estimate of drug-likeness (QED) is 0.853. The van der Waals surface area contributed by atoms with Crippen molar-refractivity contribution in [3.05, 3.63) is 70.2 Å². The zero-order valence-corrected chi connectivity index (χ0v) is 15.0. The fourth-order valence-electron chi connectivity index (χ4n) is 3.84. The molecule has 1 heterocycles. The molecule has 2 atom stereocenters. The number of urea groups is 1. The van der Waals surface area contributed by atoms with Gasteiger partial charge in [-0.15, -0.1) is 0 Å². The minimum atomic E-state index is -0.606. The zero-order chi connectivity index (χ0) is 18.1. The van der Waals surface area contributed by atoms with Crippen molar-refractivity contribution in [1.29, 1.82) is 0 Å². The van der Waals surface area contributed by atoms with Gasteiger partial charge in [-0.2, -0.15) is 0 Å². The molecular weight excluding hydrogens is 350 g/mol. The van der Waals surface area contributed by atoms with E-state index in [-0.39, 0.29) is 18.0 Å². The average Bonchev–Trinajstić information content (AvgIpc) is 3.06. The summed E-state index contributed by atoms with van der Waals surface area (Å²) < 4.78 is 0. The van der Waals surface area contributed by atoms with Gasteiger partial charge in [-0.1, -0.05) is 54.1 Å². The van der Waals surface area contributed by atoms with Crippen molar-refractivity contribution in [1.82, 2.24) is 15.5 Å². The van der Waals surface area contributed by atoms with Gasteiger partial charge >= 0.3 is 6.03 Å². The Bertz CT molecular complexity index is 840. The van der Waals surface area contributed by atoms with Crippen molar-refractivity contribution in [2.45, 2.75) is 24.9 Å². The van der Waals surface area contributed by atoms with Crippen LogP contribution in [0.1, 0.15) is 35.2 Å². The minimum Gasteiger partial charge on any atom is -0.352 e. The van der Waals surface area contributed by atoms with Crippen molar-refractivity contribution in [2.24, 2.45) is 0 Å². The highest BCUT2D eigenvalue weighted by Gasteiger charge is 2.36. The van der Waals surface area contributed by atoms with Crippen molar-refractivity contribution < 1.29 is 9.59 Å². The highest BCUT2D eigenvalue weighted by molar-refractivity contribution is 6.31. The number of fused-ring (bicyclic) bond motifs is 1. The second kappa shape index (κ2) is 7.00. The lowest BCUT2D eigenvalue weighted by Crippen LogP contribution is -2.55. The monoisotopic (exact) mass is 369 g/mol. The van der Waals surface area contributed by atoms with Gasteiger partial charge in [-0.05, 0) is 35.6 Å². The Hall–Kier alpha value is -2.53. The Morgan fingerprint density at radius 3 is 2.77 bits per heavy atom. The molecule has 1 fully saturated rings. The van der Waals surface area contributed by atoms with Crippen LogP contribution in [0.4, 0.5) is 4.79 Å². The van der Waals surface area contributed by atoms with E-state index in [0.717, 1.165) is 34.6 Å². The molecule has 1 aliphatic carbocycles. The Morgan fingerprint density at radius 1 is 1.15 bits per heavy atom. The molecule has 2 aromatic rings. The van der Waals surface area contributed by atoms with E-state index in [1.165, 1.54) is 0 Å². The summed E-state index contributed by atoms with van der Waals surface area (Å²) in [7, 11) is 0. The van der Waals surface area contributed by atoms with Crippen LogP contribution in [-0.2, 0) is 11.2 Å². The van der Waals surface area contributed by atoms with Crippen LogP contribution in [-0.4, -0.2) is 29.9 Å². The predicted octanol–water partition coefficient (Wildman–Crippen LogP) is 3.21. The number of benzene rings is 2. The van der Waals surface area contributed by atoms with Crippen molar-refractivity contribution in [2.75, 3.05) is 13.1 Å². The fourth-order valence-corrected chi connectivity index (χ4v) is 4.12. The number of carbonyl (C=O) groups excluding carboxylic acids is 2. The van der Waals surface area contributed by atoms with Crippen molar-refractivity contribution in [3.63, 3.8) is 0 Å². The number of hydrogen-bond donors (Lipinski definition) is 2. The number of rotatable bonds is 2. The standard InChI is InChI=1S/C20H20ClN3O2/c21-16-8-4-7-15-14(16)9-10-17(15)23-20(26)24-12-11-22-19(25)18(24)13-5-2-1-3-6-13/h1-8,17-18H,9-12H2,(H,22,25)(H,23,26). The maximum absolute atomic E-state index is 13.0. The summed E-state index contributed by atoms with van der Waals surface area (Å²) in [5.41, 5.74) is 2.99. The molecule has 0 aromatic heterocycles. The number of nitrogens with one attached hydrogen (secondary N) is 2. The Balaban J connectivity index is 1.56. The smallest absolute Gasteiger partial charge is 0.318 e. The molecule has 2 aromatic carbocycles. The predicted molar refractivity (Wildman–Crippen MR) is 99.9 cm³/mol. The van der Waals surface area contributed by atoms with Gasteiger partial charge < -0.3 is 15.5 Å². The Labute approximate surface area is 157 Å². The lowest BCUT2D eigenvalue weighted by atomic mass is 10.0. The largest absolute Gasteiger partial charge is 0.352 e. The van der Waals surface area contributed by atoms with Gasteiger partial charge in [-0.3, -0.25) is 4.79 Å². The van der Waals surface area contributed by atoms with E-state index in [0.29, 0.717) is 13.1 Å². The van der Waals surface area contributed by atoms with E-state index in [1.807, 2.05) is 48.5 Å². The van der Waals surface area contributed by atoms with Crippen LogP contribution in [0, 0.1) is 0 Å². The molecule has 0 spiro atoms. The number of piperazine rings is 1. The van der Waals surface area contributed by atoms with Gasteiger partial charge in [0.15, 0.2) is 0 Å². The molecule has 2 aliphatic rings. The van der Waals surface area contributed by atoms with E-state index >= 15 is 0 Å². The van der Waals surface area contributed by atoms with Crippen molar-refractivity contribution >= 4 is 23.5 Å². The molecule has 26 heavy (non-hydrogen) atoms. The molecule has 0 bridgehead atoms. The van der Waals surface area contributed by atoms with E-state index < -0.39 is 6.04 Å². The van der Waals surface area contributed by atoms with E-state index in [9.17, 15) is 9.59 Å². The number of carbonyl (C=O) groups is 2. The first-order chi connectivity index (χ1) is 12.6. The topological polar surface area (TPSA) is 61.4 Å². The lowest BCUT2D eigenvalue weighted by molar-refractivity contribution is -0.127. The molecule has 2 N–H and O–H groups in total. The normalized spacial score (nSPS) is 21.9. The fraction of sp³-hybridized carbons (Fsp3) is 0.300. The first kappa shape index (κ1) is 16.9. The van der Waals surface area contributed by atoms with Crippen LogP contribution in [0.15, 0.2) is 48.5 Å². The number of halogens is 1. The maximum atomic E-state index is 13.0. The Kier molecular flexibility index (Phi) is 4.55. The molecule has 0 saturated carbocycles. The number of hydrogen-bond acceptors (Lipinski definition) is 2. The minimum absolute atomic E-state index is 0.0717. The van der Waals surface area contributed by atoms with E-state index in [2.05, 4.69) is 10.6 Å². The van der Waals surface area contributed by atoms with Crippen LogP contribution in [0.3, 0.4) is 0 Å². The molecule has 134 valence electrons. The third-order valence-corrected chi connectivity index (χ3v) is 5.45. The lowest BCUT2D eigenvalue weighted by Gasteiger charge is -2.36. The van der Waals surface area contributed by atoms with Crippen LogP contribution in [0.25, 0.3) is 0 Å². The first-order valence-corrected chi connectivity index (χ1v) is 9.20. The molecule has 0 radical (unpaired) electrons. The SMILES string of the molecule is O=C1NCCN(C(=O)NC2CCc3c(Cl)cccc32)C1c1ccccc1. The second-order valence-electron chi connectivity index (χ2n) is 6.65. The molecule has 2 unspecified atom stereocenters. The molecule has 1 saturated heterocycles. The highest BCUT2D eigenvalue weighted by atomic mass is 35.5. The van der Waals surface area contributed by atoms with Gasteiger partial charge in [0, 0.05) is 18.1 Å². The average molecular weight is 370 g/mol. The molecule has 4 rings (SSSR count). The third-order valence-electron chi connectivity index (χ3n) is 5.10. The molecule has 1 aliphatic heterocycles. The van der Waals surface area contributed by atoms with E-state index in [1.54, 1.807) is 4.90 Å². The van der Waals surface area contributed by atoms with Gasteiger partial charge in [0.2, 0.25) is 5.91 Å². The Morgan fingerprint density at radius 2 is 1.96 bits per heavy atom. The van der Waals surface area contributed by atoms with Crippen LogP contribution >= 0.6 is 11.6 Å². The van der Waals surface area contributed by atoms with Gasteiger partial charge in [0.1, 0.15) is 6.04 Å². The number of amides is 3. The maximum Gasteiger partial charge on any atom is 0.318 e. The molecule has 5 nitrogen and oxygen atoms in total. The molecular formula is C20H20ClN3O2. The van der Waals surface area contributed by atoms with Crippen molar-refractivity contribution in [3.8, 4) is 0 Å². The number of nitrogens with zero attached hydrogens (tertiary/aromatic N) is 1. The summed E-state index contributed by atoms with van der Waals surface area (Å²) in [6.07, 6.45) is 1.67. The summed E-state index contributed by atoms with van der Waals surface area (Å²) >= 11 is 6.27. The van der Waals surface area contributed by atoms with Crippen LogP contribution in [0.5, 0.6) is 0 Å². The summed E-state index contributed by atoms with van der Waals surface area (Å²) in [5.74, 6) is -0.146. The van der Waals surface area contributed by atoms with E-state index in [4.69, 9.17) is 11.6 Å². The molecule has 6 heteroatoms. The summed E-state index contributed by atoms with van der Waals surface area (Å²) in [4.78, 5) is 27.0. The van der Waals surface area contributed by atoms with Crippen LogP contribution in [0.2, 0.25) is 5.02 Å². The van der Waals surface area contributed by atoms with Crippen LogP contribution < -0.4 is 10.6 Å². The third kappa shape index (κ3) is 3.03. The second-order valence-corrected chi connectivity index (χ2v) is 7.05. The summed E-state index contributed by atoms with van der Waals surface area (Å²) in [6, 6.07) is 14.3. The molecule has 3 amide bonds. The highest BCUT2D eigenvalue weighted by Crippen LogP contribution is 2.36. The van der Waals surface area contributed by atoms with Gasteiger partial charge in [-0.25, -0.2) is 4.79 Å². The summed E-state index contributed by atoms with van der Waals surface area (Å²) in [5, 5.41) is 6.70. The first-order valence-electron chi connectivity index (χ1n) is 8.82. The van der Waals surface area contributed by atoms with Gasteiger partial charge in [0.25, 0.3) is 0 Å². The zero-order valence-electron chi connectivity index (χ0n) is 14.2.